The number of anilines is 3. The van der Waals surface area contributed by atoms with Gasteiger partial charge in [0, 0.05) is 28.2 Å². The molecule has 0 aliphatic rings. The monoisotopic (exact) mass is 607 g/mol. The molecule has 0 bridgehead atoms. The summed E-state index contributed by atoms with van der Waals surface area (Å²) in [6.45, 7) is 9.39. The summed E-state index contributed by atoms with van der Waals surface area (Å²) >= 11 is 2.72. The molecule has 4 aromatic rings. The molecule has 5 N–H and O–H groups in total. The molecule has 0 aliphatic heterocycles. The highest BCUT2D eigenvalue weighted by Crippen LogP contribution is 2.38. The van der Waals surface area contributed by atoms with Gasteiger partial charge in [0.05, 0.1) is 12.8 Å². The highest BCUT2D eigenvalue weighted by Gasteiger charge is 2.17. The number of nitrogens with zero attached hydrogens (tertiary/aromatic N) is 3. The summed E-state index contributed by atoms with van der Waals surface area (Å²) in [5.74, 6) is 0.687. The first-order valence-electron chi connectivity index (χ1n) is 13.9. The number of methoxy groups -OCH3 is 1. The first-order valence-corrected chi connectivity index (χ1v) is 15.6. The Morgan fingerprint density at radius 1 is 1.07 bits per heavy atom. The number of amides is 3. The number of thiazole rings is 2. The minimum atomic E-state index is -0.307. The fourth-order valence-electron chi connectivity index (χ4n) is 4.36. The molecular formula is C30H37N7O3S2. The van der Waals surface area contributed by atoms with Gasteiger partial charge in [-0.3, -0.25) is 10.1 Å². The lowest BCUT2D eigenvalue weighted by molar-refractivity contribution is 0.102. The smallest absolute Gasteiger partial charge is 0.321 e. The quantitative estimate of drug-likeness (QED) is 0.138. The van der Waals surface area contributed by atoms with Crippen molar-refractivity contribution in [2.75, 3.05) is 43.1 Å². The van der Waals surface area contributed by atoms with E-state index >= 15 is 0 Å². The SMILES string of the molecule is CCN(CC)CCCC(C)NC(=O)Nc1nc(N)c(-c2nc(-c3cccc(NC(=O)c4cccc(OC)c4)c3)cs2)s1. The van der Waals surface area contributed by atoms with Crippen molar-refractivity contribution in [2.45, 2.75) is 39.7 Å². The first kappa shape index (κ1) is 30.9. The summed E-state index contributed by atoms with van der Waals surface area (Å²) in [4.78, 5) is 37.5. The van der Waals surface area contributed by atoms with Crippen molar-refractivity contribution in [3.8, 4) is 26.9 Å². The number of urea groups is 1. The van der Waals surface area contributed by atoms with Gasteiger partial charge in [0.2, 0.25) is 0 Å². The van der Waals surface area contributed by atoms with Gasteiger partial charge in [-0.15, -0.1) is 11.3 Å². The summed E-state index contributed by atoms with van der Waals surface area (Å²) in [6, 6.07) is 14.2. The van der Waals surface area contributed by atoms with E-state index in [-0.39, 0.29) is 18.0 Å². The van der Waals surface area contributed by atoms with E-state index in [2.05, 4.69) is 39.7 Å². The van der Waals surface area contributed by atoms with Gasteiger partial charge in [-0.1, -0.05) is 43.4 Å². The van der Waals surface area contributed by atoms with Gasteiger partial charge in [0.15, 0.2) is 5.13 Å². The topological polar surface area (TPSA) is 134 Å². The van der Waals surface area contributed by atoms with E-state index in [1.807, 2.05) is 36.6 Å². The third kappa shape index (κ3) is 8.28. The molecule has 2 aromatic heterocycles. The molecule has 2 aromatic carbocycles. The molecule has 0 saturated heterocycles. The molecule has 10 nitrogen and oxygen atoms in total. The summed E-state index contributed by atoms with van der Waals surface area (Å²) in [6.07, 6.45) is 1.91. The first-order chi connectivity index (χ1) is 20.3. The van der Waals surface area contributed by atoms with Crippen LogP contribution in [0.15, 0.2) is 53.9 Å². The summed E-state index contributed by atoms with van der Waals surface area (Å²) in [5.41, 5.74) is 8.94. The number of rotatable bonds is 13. The van der Waals surface area contributed by atoms with E-state index in [0.29, 0.717) is 37.8 Å². The zero-order chi connectivity index (χ0) is 30.1. The highest BCUT2D eigenvalue weighted by atomic mass is 32.1. The lowest BCUT2D eigenvalue weighted by atomic mass is 10.1. The number of nitrogens with one attached hydrogen (secondary N) is 3. The summed E-state index contributed by atoms with van der Waals surface area (Å²) in [5, 5.41) is 11.7. The van der Waals surface area contributed by atoms with E-state index in [0.717, 1.165) is 43.7 Å². The van der Waals surface area contributed by atoms with Gasteiger partial charge in [-0.05, 0) is 69.7 Å². The number of ether oxygens (including phenoxy) is 1. The molecule has 222 valence electrons. The number of hydrogen-bond acceptors (Lipinski definition) is 9. The molecule has 1 unspecified atom stereocenters. The average Bonchev–Trinajstić information content (AvgIpc) is 3.62. The summed E-state index contributed by atoms with van der Waals surface area (Å²) in [7, 11) is 1.56. The van der Waals surface area contributed by atoms with Crippen molar-refractivity contribution in [2.24, 2.45) is 0 Å². The van der Waals surface area contributed by atoms with Crippen LogP contribution < -0.4 is 26.4 Å². The van der Waals surface area contributed by atoms with Crippen LogP contribution in [0.5, 0.6) is 5.75 Å². The molecule has 2 heterocycles. The second-order valence-corrected chi connectivity index (χ2v) is 11.6. The van der Waals surface area contributed by atoms with E-state index in [9.17, 15) is 9.59 Å². The maximum absolute atomic E-state index is 12.8. The molecular weight excluding hydrogens is 571 g/mol. The number of aromatic nitrogens is 2. The van der Waals surface area contributed by atoms with Crippen molar-refractivity contribution in [3.63, 3.8) is 0 Å². The Bertz CT molecular complexity index is 1500. The second kappa shape index (κ2) is 14.8. The minimum absolute atomic E-state index is 0.0370. The lowest BCUT2D eigenvalue weighted by Gasteiger charge is -2.19. The Morgan fingerprint density at radius 3 is 2.62 bits per heavy atom. The minimum Gasteiger partial charge on any atom is -0.497 e. The second-order valence-electron chi connectivity index (χ2n) is 9.71. The van der Waals surface area contributed by atoms with Crippen LogP contribution in [0.4, 0.5) is 21.4 Å². The molecule has 3 amide bonds. The van der Waals surface area contributed by atoms with Gasteiger partial charge in [-0.25, -0.2) is 14.8 Å². The van der Waals surface area contributed by atoms with E-state index in [4.69, 9.17) is 15.5 Å². The predicted octanol–water partition coefficient (Wildman–Crippen LogP) is 6.41. The molecule has 1 atom stereocenters. The zero-order valence-electron chi connectivity index (χ0n) is 24.3. The molecule has 42 heavy (non-hydrogen) atoms. The molecule has 12 heteroatoms. The number of nitrogens with two attached hydrogens (primary N) is 1. The van der Waals surface area contributed by atoms with Crippen LogP contribution in [-0.4, -0.2) is 59.6 Å². The molecule has 0 saturated carbocycles. The van der Waals surface area contributed by atoms with Gasteiger partial charge < -0.3 is 26.0 Å². The Hall–Kier alpha value is -4.00. The van der Waals surface area contributed by atoms with Gasteiger partial charge in [0.1, 0.15) is 21.5 Å². The van der Waals surface area contributed by atoms with E-state index in [1.165, 1.54) is 22.7 Å². The molecule has 0 spiro atoms. The van der Waals surface area contributed by atoms with Crippen LogP contribution in [0.3, 0.4) is 0 Å². The average molecular weight is 608 g/mol. The molecule has 0 fully saturated rings. The normalized spacial score (nSPS) is 11.7. The molecule has 0 radical (unpaired) electrons. The van der Waals surface area contributed by atoms with Gasteiger partial charge in [0.25, 0.3) is 5.91 Å². The maximum atomic E-state index is 12.8. The van der Waals surface area contributed by atoms with Crippen LogP contribution in [-0.2, 0) is 0 Å². The van der Waals surface area contributed by atoms with Crippen molar-refractivity contribution in [1.29, 1.82) is 0 Å². The maximum Gasteiger partial charge on any atom is 0.321 e. The van der Waals surface area contributed by atoms with Crippen LogP contribution >= 0.6 is 22.7 Å². The Morgan fingerprint density at radius 2 is 1.86 bits per heavy atom. The number of benzene rings is 2. The van der Waals surface area contributed by atoms with E-state index < -0.39 is 0 Å². The van der Waals surface area contributed by atoms with Crippen molar-refractivity contribution >= 4 is 51.2 Å². The highest BCUT2D eigenvalue weighted by molar-refractivity contribution is 7.23. The number of nitrogen functional groups attached to an aromatic ring is 1. The predicted molar refractivity (Wildman–Crippen MR) is 173 cm³/mol. The lowest BCUT2D eigenvalue weighted by Crippen LogP contribution is -2.36. The van der Waals surface area contributed by atoms with Crippen molar-refractivity contribution < 1.29 is 14.3 Å². The number of carbonyl (C=O) groups is 2. The fraction of sp³-hybridized carbons (Fsp3) is 0.333. The Balaban J connectivity index is 1.37. The Labute approximate surface area is 254 Å². The zero-order valence-corrected chi connectivity index (χ0v) is 25.9. The molecule has 0 aliphatic carbocycles. The number of carbonyl (C=O) groups excluding carboxylic acids is 2. The van der Waals surface area contributed by atoms with Gasteiger partial charge in [-0.2, -0.15) is 0 Å². The third-order valence-corrected chi connectivity index (χ3v) is 8.69. The van der Waals surface area contributed by atoms with Crippen LogP contribution in [0.2, 0.25) is 0 Å². The number of hydrogen-bond donors (Lipinski definition) is 4. The van der Waals surface area contributed by atoms with Crippen molar-refractivity contribution in [1.82, 2.24) is 20.2 Å². The summed E-state index contributed by atoms with van der Waals surface area (Å²) < 4.78 is 5.22. The van der Waals surface area contributed by atoms with E-state index in [1.54, 1.807) is 31.4 Å². The van der Waals surface area contributed by atoms with Crippen LogP contribution in [0.1, 0.15) is 44.0 Å². The Kier molecular flexibility index (Phi) is 10.9. The van der Waals surface area contributed by atoms with Crippen LogP contribution in [0.25, 0.3) is 21.1 Å². The largest absolute Gasteiger partial charge is 0.497 e. The third-order valence-electron chi connectivity index (χ3n) is 6.70. The van der Waals surface area contributed by atoms with Crippen molar-refractivity contribution in [3.05, 3.63) is 59.5 Å². The van der Waals surface area contributed by atoms with Crippen LogP contribution in [0, 0.1) is 0 Å². The standard InChI is InChI=1S/C30H37N7O3S2/c1-5-37(6-2)15-9-10-19(3)32-29(39)36-30-35-26(31)25(42-30)28-34-24(18-41-28)20-11-7-13-22(16-20)33-27(38)21-12-8-14-23(17-21)40-4/h7-8,11-14,16-19H,5-6,9-10,15,31H2,1-4H3,(H,33,38)(H2,32,35,36,39). The van der Waals surface area contributed by atoms with Gasteiger partial charge >= 0.3 is 6.03 Å². The fourth-order valence-corrected chi connectivity index (χ4v) is 6.17. The molecule has 4 rings (SSSR count).